The minimum Gasteiger partial charge on any atom is -0.371 e. The maximum atomic E-state index is 15.0. The normalized spacial score (nSPS) is 13.9. The van der Waals surface area contributed by atoms with Crippen LogP contribution in [0.5, 0.6) is 0 Å². The third kappa shape index (κ3) is 4.58. The molecule has 34 heavy (non-hydrogen) atoms. The third-order valence-corrected chi connectivity index (χ3v) is 6.78. The summed E-state index contributed by atoms with van der Waals surface area (Å²) in [5.41, 5.74) is 4.14. The Morgan fingerprint density at radius 3 is 2.79 bits per heavy atom. The van der Waals surface area contributed by atoms with Gasteiger partial charge in [0.1, 0.15) is 11.5 Å². The number of urea groups is 1. The molecule has 2 amide bonds. The first-order valence-electron chi connectivity index (χ1n) is 12.3. The first kappa shape index (κ1) is 24.0. The number of fused-ring (bicyclic) bond motifs is 2. The van der Waals surface area contributed by atoms with Crippen molar-refractivity contribution in [3.63, 3.8) is 0 Å². The van der Waals surface area contributed by atoms with E-state index in [0.717, 1.165) is 49.3 Å². The average Bonchev–Trinajstić information content (AvgIpc) is 3.43. The number of carbonyl (C=O) groups excluding carboxylic acids is 1. The number of nitrogens with one attached hydrogen (secondary N) is 1. The maximum absolute atomic E-state index is 15.0. The number of aromatic nitrogens is 3. The van der Waals surface area contributed by atoms with Crippen LogP contribution < -0.4 is 15.1 Å². The van der Waals surface area contributed by atoms with Gasteiger partial charge in [0.15, 0.2) is 5.82 Å². The van der Waals surface area contributed by atoms with Gasteiger partial charge in [-0.1, -0.05) is 27.2 Å². The Labute approximate surface area is 201 Å². The van der Waals surface area contributed by atoms with E-state index in [-0.39, 0.29) is 11.7 Å². The van der Waals surface area contributed by atoms with Crippen LogP contribution in [0, 0.1) is 25.6 Å². The molecule has 0 saturated carbocycles. The fourth-order valence-electron chi connectivity index (χ4n) is 4.63. The molecule has 3 aromatic heterocycles. The summed E-state index contributed by atoms with van der Waals surface area (Å²) in [7, 11) is 0. The van der Waals surface area contributed by atoms with Gasteiger partial charge in [0.05, 0.1) is 11.4 Å². The maximum Gasteiger partial charge on any atom is 0.327 e. The van der Waals surface area contributed by atoms with Crippen LogP contribution in [0.4, 0.5) is 26.4 Å². The highest BCUT2D eigenvalue weighted by molar-refractivity contribution is 6.03. The molecule has 1 N–H and O–H groups in total. The Morgan fingerprint density at radius 2 is 2.06 bits per heavy atom. The fraction of sp³-hybridized carbons (Fsp3) is 0.500. The Kier molecular flexibility index (Phi) is 7.05. The highest BCUT2D eigenvalue weighted by Gasteiger charge is 2.30. The molecule has 0 bridgehead atoms. The number of rotatable bonds is 8. The molecule has 3 aromatic rings. The van der Waals surface area contributed by atoms with Crippen molar-refractivity contribution >= 4 is 28.9 Å². The zero-order valence-electron chi connectivity index (χ0n) is 20.9. The largest absolute Gasteiger partial charge is 0.371 e. The van der Waals surface area contributed by atoms with Crippen LogP contribution in [-0.4, -0.2) is 40.0 Å². The minimum absolute atomic E-state index is 0.137. The molecule has 4 heterocycles. The van der Waals surface area contributed by atoms with Crippen LogP contribution in [0.25, 0.3) is 5.65 Å². The molecule has 0 spiro atoms. The van der Waals surface area contributed by atoms with E-state index in [1.165, 1.54) is 6.42 Å². The van der Waals surface area contributed by atoms with E-state index in [1.807, 2.05) is 13.1 Å². The van der Waals surface area contributed by atoms with Gasteiger partial charge in [-0.05, 0) is 45.1 Å². The summed E-state index contributed by atoms with van der Waals surface area (Å²) in [6, 6.07) is 1.68. The lowest BCUT2D eigenvalue weighted by Gasteiger charge is -2.28. The van der Waals surface area contributed by atoms with Gasteiger partial charge < -0.3 is 14.6 Å². The third-order valence-electron chi connectivity index (χ3n) is 6.78. The lowest BCUT2D eigenvalue weighted by molar-refractivity contribution is 0.257. The molecule has 0 radical (unpaired) electrons. The molecule has 0 aromatic carbocycles. The van der Waals surface area contributed by atoms with Crippen molar-refractivity contribution in [2.75, 3.05) is 34.8 Å². The van der Waals surface area contributed by atoms with Crippen LogP contribution in [-0.2, 0) is 6.42 Å². The second-order valence-corrected chi connectivity index (χ2v) is 9.35. The number of halogens is 1. The molecule has 8 heteroatoms. The summed E-state index contributed by atoms with van der Waals surface area (Å²) in [5, 5.41) is 2.77. The van der Waals surface area contributed by atoms with Crippen molar-refractivity contribution < 1.29 is 9.18 Å². The Bertz CT molecular complexity index is 1190. The lowest BCUT2D eigenvalue weighted by atomic mass is 10.0. The van der Waals surface area contributed by atoms with E-state index in [4.69, 9.17) is 0 Å². The number of anilines is 3. The molecule has 1 atom stereocenters. The van der Waals surface area contributed by atoms with Crippen molar-refractivity contribution in [1.29, 1.82) is 0 Å². The number of nitrogens with zero attached hydrogens (tertiary/aromatic N) is 5. The van der Waals surface area contributed by atoms with Gasteiger partial charge in [0, 0.05) is 55.0 Å². The predicted molar refractivity (Wildman–Crippen MR) is 136 cm³/mol. The summed E-state index contributed by atoms with van der Waals surface area (Å²) in [5.74, 6) is 0.870. The van der Waals surface area contributed by atoms with E-state index in [9.17, 15) is 4.79 Å². The van der Waals surface area contributed by atoms with Crippen LogP contribution >= 0.6 is 0 Å². The number of aryl methyl sites for hydroxylation is 2. The molecule has 0 aliphatic carbocycles. The smallest absolute Gasteiger partial charge is 0.327 e. The molecule has 1 aliphatic rings. The van der Waals surface area contributed by atoms with Gasteiger partial charge in [0.25, 0.3) is 0 Å². The highest BCUT2D eigenvalue weighted by atomic mass is 19.1. The summed E-state index contributed by atoms with van der Waals surface area (Å²) in [4.78, 5) is 26.2. The number of hydrogen-bond donors (Lipinski definition) is 1. The average molecular weight is 467 g/mol. The van der Waals surface area contributed by atoms with Crippen molar-refractivity contribution in [1.82, 2.24) is 14.4 Å². The SMILES string of the molecule is CCCN(CCC(C)CC)c1ccnc2c1CCN2C(=O)Nc1cn2cc(C)nc2c(C)c1F. The number of imidazole rings is 1. The summed E-state index contributed by atoms with van der Waals surface area (Å²) in [6.07, 6.45) is 9.26. The van der Waals surface area contributed by atoms with Gasteiger partial charge >= 0.3 is 6.03 Å². The molecule has 0 fully saturated rings. The van der Waals surface area contributed by atoms with Crippen molar-refractivity contribution in [2.24, 2.45) is 5.92 Å². The second kappa shape index (κ2) is 9.99. The van der Waals surface area contributed by atoms with Crippen molar-refractivity contribution in [2.45, 2.75) is 60.3 Å². The zero-order chi connectivity index (χ0) is 24.4. The predicted octanol–water partition coefficient (Wildman–Crippen LogP) is 5.73. The molecular weight excluding hydrogens is 431 g/mol. The quantitative estimate of drug-likeness (QED) is 0.460. The van der Waals surface area contributed by atoms with Gasteiger partial charge in [-0.3, -0.25) is 4.90 Å². The van der Waals surface area contributed by atoms with Crippen molar-refractivity contribution in [3.05, 3.63) is 47.3 Å². The number of carbonyl (C=O) groups is 1. The molecule has 1 unspecified atom stereocenters. The molecular formula is C26H35FN6O. The number of amides is 2. The zero-order valence-corrected chi connectivity index (χ0v) is 20.9. The monoisotopic (exact) mass is 466 g/mol. The number of hydrogen-bond acceptors (Lipinski definition) is 4. The molecule has 1 aliphatic heterocycles. The highest BCUT2D eigenvalue weighted by Crippen LogP contribution is 2.35. The van der Waals surface area contributed by atoms with Crippen LogP contribution in [0.2, 0.25) is 0 Å². The topological polar surface area (TPSA) is 65.8 Å². The van der Waals surface area contributed by atoms with Gasteiger partial charge in [-0.15, -0.1) is 0 Å². The van der Waals surface area contributed by atoms with E-state index in [1.54, 1.807) is 28.6 Å². The van der Waals surface area contributed by atoms with E-state index in [2.05, 4.69) is 47.0 Å². The van der Waals surface area contributed by atoms with Crippen LogP contribution in [0.15, 0.2) is 24.7 Å². The first-order valence-corrected chi connectivity index (χ1v) is 12.3. The lowest BCUT2D eigenvalue weighted by Crippen LogP contribution is -2.34. The molecule has 4 rings (SSSR count). The summed E-state index contributed by atoms with van der Waals surface area (Å²) < 4.78 is 16.8. The fourth-order valence-corrected chi connectivity index (χ4v) is 4.63. The summed E-state index contributed by atoms with van der Waals surface area (Å²) >= 11 is 0. The van der Waals surface area contributed by atoms with Crippen LogP contribution in [0.1, 0.15) is 56.9 Å². The second-order valence-electron chi connectivity index (χ2n) is 9.35. The first-order chi connectivity index (χ1) is 16.3. The van der Waals surface area contributed by atoms with E-state index < -0.39 is 5.82 Å². The number of pyridine rings is 2. The Balaban J connectivity index is 1.58. The standard InChI is InChI=1S/C26H35FN6O/c1-6-12-31(13-9-17(3)7-2)22-8-11-28-25-20(22)10-14-33(25)26(34)30-21-16-32-15-18(4)29-24(32)19(5)23(21)27/h8,11,15-17H,6-7,9-10,12-14H2,1-5H3,(H,30,34). The van der Waals surface area contributed by atoms with E-state index >= 15 is 4.39 Å². The van der Waals surface area contributed by atoms with Crippen molar-refractivity contribution in [3.8, 4) is 0 Å². The van der Waals surface area contributed by atoms with E-state index in [0.29, 0.717) is 29.5 Å². The van der Waals surface area contributed by atoms with Crippen LogP contribution in [0.3, 0.4) is 0 Å². The molecule has 0 saturated heterocycles. The minimum atomic E-state index is -0.466. The molecule has 182 valence electrons. The molecule has 7 nitrogen and oxygen atoms in total. The van der Waals surface area contributed by atoms with Gasteiger partial charge in [-0.2, -0.15) is 0 Å². The Hall–Kier alpha value is -3.16. The Morgan fingerprint density at radius 1 is 1.26 bits per heavy atom. The van der Waals surface area contributed by atoms with Gasteiger partial charge in [0.2, 0.25) is 0 Å². The summed E-state index contributed by atoms with van der Waals surface area (Å²) in [6.45, 7) is 12.7. The van der Waals surface area contributed by atoms with Gasteiger partial charge in [-0.25, -0.2) is 19.2 Å².